The lowest BCUT2D eigenvalue weighted by Crippen LogP contribution is -2.47. The zero-order valence-electron chi connectivity index (χ0n) is 10.7. The standard InChI is InChI=1S/C14H13N5O/c15-11-6-1-8-7-17-14(19-13(8)12(11)16)18-9-2-4-10(20)5-3-9/h2-5,7,15-16,20H,1,6H2,(H,17,18,19)/p+1. The van der Waals surface area contributed by atoms with Gasteiger partial charge in [0.25, 0.3) is 0 Å². The van der Waals surface area contributed by atoms with Crippen LogP contribution in [0, 0.1) is 5.41 Å². The number of phenols is 1. The van der Waals surface area contributed by atoms with E-state index in [1.807, 2.05) is 0 Å². The van der Waals surface area contributed by atoms with Gasteiger partial charge in [-0.25, -0.2) is 9.97 Å². The maximum absolute atomic E-state index is 9.24. The molecule has 1 aromatic heterocycles. The molecule has 0 saturated carbocycles. The summed E-state index contributed by atoms with van der Waals surface area (Å²) in [5, 5.41) is 26.0. The van der Waals surface area contributed by atoms with E-state index < -0.39 is 0 Å². The molecule has 6 heteroatoms. The molecule has 0 spiro atoms. The molecule has 2 aromatic rings. The summed E-state index contributed by atoms with van der Waals surface area (Å²) in [5.74, 6) is 0.611. The summed E-state index contributed by atoms with van der Waals surface area (Å²) in [6.07, 6.45) is 3.18. The van der Waals surface area contributed by atoms with E-state index in [1.54, 1.807) is 30.5 Å². The molecule has 0 bridgehead atoms. The number of aryl methyl sites for hydroxylation is 1. The van der Waals surface area contributed by atoms with Gasteiger partial charge in [0, 0.05) is 18.3 Å². The van der Waals surface area contributed by atoms with Gasteiger partial charge in [-0.1, -0.05) is 0 Å². The third-order valence-electron chi connectivity index (χ3n) is 3.21. The highest BCUT2D eigenvalue weighted by molar-refractivity contribution is 6.45. The average molecular weight is 268 g/mol. The van der Waals surface area contributed by atoms with Crippen molar-refractivity contribution in [2.75, 3.05) is 5.32 Å². The number of rotatable bonds is 2. The molecule has 1 aliphatic rings. The van der Waals surface area contributed by atoms with Gasteiger partial charge < -0.3 is 10.4 Å². The molecular weight excluding hydrogens is 254 g/mol. The number of hydrogen-bond donors (Lipinski definition) is 4. The van der Waals surface area contributed by atoms with Crippen molar-refractivity contribution in [3.05, 3.63) is 41.7 Å². The van der Waals surface area contributed by atoms with Gasteiger partial charge in [-0.3, -0.25) is 10.8 Å². The third-order valence-corrected chi connectivity index (χ3v) is 3.21. The first kappa shape index (κ1) is 12.3. The molecule has 0 fully saturated rings. The monoisotopic (exact) mass is 268 g/mol. The molecule has 1 heterocycles. The van der Waals surface area contributed by atoms with Crippen molar-refractivity contribution in [2.45, 2.75) is 12.8 Å². The van der Waals surface area contributed by atoms with Crippen LogP contribution in [0.15, 0.2) is 30.5 Å². The molecule has 0 atom stereocenters. The molecule has 100 valence electrons. The second kappa shape index (κ2) is 4.73. The summed E-state index contributed by atoms with van der Waals surface area (Å²) in [7, 11) is 0. The van der Waals surface area contributed by atoms with Crippen LogP contribution in [0.5, 0.6) is 5.75 Å². The number of hydrogen-bond acceptors (Lipinski definition) is 5. The molecule has 0 unspecified atom stereocenters. The molecule has 6 nitrogen and oxygen atoms in total. The second-order valence-corrected chi connectivity index (χ2v) is 4.64. The Labute approximate surface area is 115 Å². The first-order chi connectivity index (χ1) is 9.63. The quantitative estimate of drug-likeness (QED) is 0.593. The minimum atomic E-state index is 0.200. The maximum atomic E-state index is 9.24. The predicted molar refractivity (Wildman–Crippen MR) is 75.5 cm³/mol. The van der Waals surface area contributed by atoms with E-state index in [0.717, 1.165) is 17.7 Å². The van der Waals surface area contributed by atoms with Gasteiger partial charge in [-0.05, 0) is 36.2 Å². The summed E-state index contributed by atoms with van der Waals surface area (Å²) in [6, 6.07) is 6.61. The fourth-order valence-electron chi connectivity index (χ4n) is 2.09. The van der Waals surface area contributed by atoms with E-state index in [9.17, 15) is 5.11 Å². The fourth-order valence-corrected chi connectivity index (χ4v) is 2.09. The van der Waals surface area contributed by atoms with Crippen molar-refractivity contribution in [1.29, 1.82) is 5.41 Å². The minimum Gasteiger partial charge on any atom is -0.508 e. The van der Waals surface area contributed by atoms with E-state index in [2.05, 4.69) is 15.3 Å². The van der Waals surface area contributed by atoms with Gasteiger partial charge in [0.05, 0.1) is 0 Å². The Balaban J connectivity index is 1.90. The van der Waals surface area contributed by atoms with Crippen LogP contribution in [0.3, 0.4) is 0 Å². The van der Waals surface area contributed by atoms with Crippen LogP contribution in [-0.4, -0.2) is 26.5 Å². The SMILES string of the molecule is N=C1C(=[NH2+])CCc2cnc(Nc3ccc(O)cc3)nc21. The van der Waals surface area contributed by atoms with Crippen LogP contribution in [-0.2, 0) is 6.42 Å². The van der Waals surface area contributed by atoms with Crippen LogP contribution in [0.25, 0.3) is 0 Å². The summed E-state index contributed by atoms with van der Waals surface area (Å²) in [6.45, 7) is 0. The van der Waals surface area contributed by atoms with Gasteiger partial charge in [-0.2, -0.15) is 0 Å². The summed E-state index contributed by atoms with van der Waals surface area (Å²) in [4.78, 5) is 8.59. The highest BCUT2D eigenvalue weighted by Gasteiger charge is 2.24. The molecular formula is C14H14N5O+. The second-order valence-electron chi connectivity index (χ2n) is 4.64. The molecule has 5 N–H and O–H groups in total. The number of phenolic OH excluding ortho intramolecular Hbond substituents is 1. The highest BCUT2D eigenvalue weighted by Crippen LogP contribution is 2.20. The molecule has 0 saturated heterocycles. The summed E-state index contributed by atoms with van der Waals surface area (Å²) < 4.78 is 0. The molecule has 20 heavy (non-hydrogen) atoms. The topological polar surface area (TPSA) is 107 Å². The van der Waals surface area contributed by atoms with E-state index in [1.165, 1.54) is 0 Å². The largest absolute Gasteiger partial charge is 0.508 e. The fraction of sp³-hybridized carbons (Fsp3) is 0.143. The van der Waals surface area contributed by atoms with Crippen molar-refractivity contribution in [1.82, 2.24) is 9.97 Å². The zero-order chi connectivity index (χ0) is 14.1. The van der Waals surface area contributed by atoms with Crippen LogP contribution in [0.2, 0.25) is 0 Å². The normalized spacial score (nSPS) is 14.0. The number of aromatic nitrogens is 2. The van der Waals surface area contributed by atoms with Crippen LogP contribution >= 0.6 is 0 Å². The Hall–Kier alpha value is -2.76. The van der Waals surface area contributed by atoms with Gasteiger partial charge in [-0.15, -0.1) is 0 Å². The zero-order valence-corrected chi connectivity index (χ0v) is 10.7. The van der Waals surface area contributed by atoms with Crippen LogP contribution < -0.4 is 10.7 Å². The summed E-state index contributed by atoms with van der Waals surface area (Å²) >= 11 is 0. The van der Waals surface area contributed by atoms with E-state index in [4.69, 9.17) is 10.8 Å². The molecule has 3 rings (SSSR count). The maximum Gasteiger partial charge on any atom is 0.227 e. The van der Waals surface area contributed by atoms with E-state index >= 15 is 0 Å². The highest BCUT2D eigenvalue weighted by atomic mass is 16.3. The van der Waals surface area contributed by atoms with Gasteiger partial charge in [0.15, 0.2) is 0 Å². The lowest BCUT2D eigenvalue weighted by molar-refractivity contribution is -0.113. The first-order valence-corrected chi connectivity index (χ1v) is 6.26. The van der Waals surface area contributed by atoms with E-state index in [-0.39, 0.29) is 11.5 Å². The number of benzene rings is 1. The molecule has 0 amide bonds. The van der Waals surface area contributed by atoms with Crippen molar-refractivity contribution in [3.8, 4) is 5.75 Å². The predicted octanol–water partition coefficient (Wildman–Crippen LogP) is 0.440. The molecule has 1 aliphatic carbocycles. The van der Waals surface area contributed by atoms with Crippen molar-refractivity contribution in [3.63, 3.8) is 0 Å². The van der Waals surface area contributed by atoms with Crippen molar-refractivity contribution in [2.24, 2.45) is 0 Å². The first-order valence-electron chi connectivity index (χ1n) is 6.26. The number of nitrogens with two attached hydrogens (primary N) is 1. The molecule has 0 radical (unpaired) electrons. The lowest BCUT2D eigenvalue weighted by Gasteiger charge is -2.14. The van der Waals surface area contributed by atoms with Gasteiger partial charge in [0.1, 0.15) is 17.2 Å². The Kier molecular flexibility index (Phi) is 2.90. The third kappa shape index (κ3) is 2.23. The Bertz CT molecular complexity index is 693. The number of anilines is 2. The Morgan fingerprint density at radius 2 is 1.95 bits per heavy atom. The Morgan fingerprint density at radius 3 is 2.70 bits per heavy atom. The number of nitrogens with one attached hydrogen (secondary N) is 2. The number of nitrogens with zero attached hydrogens (tertiary/aromatic N) is 2. The van der Waals surface area contributed by atoms with Crippen molar-refractivity contribution >= 4 is 23.1 Å². The number of fused-ring (bicyclic) bond motifs is 1. The molecule has 1 aromatic carbocycles. The minimum absolute atomic E-state index is 0.200. The van der Waals surface area contributed by atoms with Gasteiger partial charge in [0.2, 0.25) is 11.7 Å². The van der Waals surface area contributed by atoms with Crippen LogP contribution in [0.1, 0.15) is 17.7 Å². The number of aromatic hydroxyl groups is 1. The average Bonchev–Trinajstić information content (AvgIpc) is 2.46. The summed E-state index contributed by atoms with van der Waals surface area (Å²) in [5.41, 5.74) is 3.14. The lowest BCUT2D eigenvalue weighted by atomic mass is 9.94. The van der Waals surface area contributed by atoms with Crippen LogP contribution in [0.4, 0.5) is 11.6 Å². The Morgan fingerprint density at radius 1 is 1.20 bits per heavy atom. The smallest absolute Gasteiger partial charge is 0.227 e. The van der Waals surface area contributed by atoms with Gasteiger partial charge >= 0.3 is 0 Å². The van der Waals surface area contributed by atoms with Crippen molar-refractivity contribution < 1.29 is 10.5 Å². The van der Waals surface area contributed by atoms with E-state index in [0.29, 0.717) is 23.8 Å². The molecule has 0 aliphatic heterocycles.